The van der Waals surface area contributed by atoms with E-state index in [4.69, 9.17) is 0 Å². The van der Waals surface area contributed by atoms with Crippen LogP contribution in [0.15, 0.2) is 59.1 Å². The topological polar surface area (TPSA) is 125 Å². The first-order valence-electron chi connectivity index (χ1n) is 15.7. The van der Waals surface area contributed by atoms with Crippen molar-refractivity contribution in [2.75, 3.05) is 14.1 Å². The molecule has 0 aromatic heterocycles. The Hall–Kier alpha value is -3.50. The predicted molar refractivity (Wildman–Crippen MR) is 185 cm³/mol. The summed E-state index contributed by atoms with van der Waals surface area (Å²) in [5.41, 5.74) is 3.39. The van der Waals surface area contributed by atoms with E-state index in [0.717, 1.165) is 22.3 Å². The van der Waals surface area contributed by atoms with Gasteiger partial charge < -0.3 is 15.5 Å². The molecule has 3 unspecified atom stereocenters. The Morgan fingerprint density at radius 2 is 1.33 bits per heavy atom. The number of benzene rings is 2. The second-order valence-corrected chi connectivity index (χ2v) is 16.0. The molecule has 0 bridgehead atoms. The van der Waals surface area contributed by atoms with Crippen LogP contribution in [-0.2, 0) is 29.8 Å². The van der Waals surface area contributed by atoms with Crippen molar-refractivity contribution in [1.29, 1.82) is 0 Å². The van der Waals surface area contributed by atoms with Crippen molar-refractivity contribution in [2.45, 2.75) is 98.6 Å². The van der Waals surface area contributed by atoms with Crippen molar-refractivity contribution in [2.24, 2.45) is 17.3 Å². The molecule has 46 heavy (non-hydrogen) atoms. The lowest BCUT2D eigenvalue weighted by Gasteiger charge is -2.39. The molecule has 0 saturated carbocycles. The van der Waals surface area contributed by atoms with E-state index in [0.29, 0.717) is 5.70 Å². The minimum absolute atomic E-state index is 0.0108. The van der Waals surface area contributed by atoms with E-state index in [1.807, 2.05) is 69.2 Å². The summed E-state index contributed by atoms with van der Waals surface area (Å²) in [6.07, 6.45) is 1.60. The fourth-order valence-electron chi connectivity index (χ4n) is 5.55. The Kier molecular flexibility index (Phi) is 12.6. The number of aryl methyl sites for hydroxylation is 3. The van der Waals surface area contributed by atoms with Crippen LogP contribution in [0.25, 0.3) is 0 Å². The lowest BCUT2D eigenvalue weighted by molar-refractivity contribution is -0.138. The number of carbonyl (C=O) groups excluding carboxylic acids is 3. The third-order valence-electron chi connectivity index (χ3n) is 8.35. The van der Waals surface area contributed by atoms with Crippen LogP contribution in [0.1, 0.15) is 77.6 Å². The van der Waals surface area contributed by atoms with Gasteiger partial charge >= 0.3 is 0 Å². The van der Waals surface area contributed by atoms with Crippen LogP contribution < -0.4 is 15.4 Å². The first-order chi connectivity index (χ1) is 21.0. The maximum Gasteiger partial charge on any atom is 0.264 e. The second-order valence-electron chi connectivity index (χ2n) is 14.3. The highest BCUT2D eigenvalue weighted by atomic mass is 32.2. The molecule has 10 heteroatoms. The summed E-state index contributed by atoms with van der Waals surface area (Å²) in [6.45, 7) is 20.9. The molecule has 0 aliphatic heterocycles. The Balaban J connectivity index is 2.36. The third kappa shape index (κ3) is 9.51. The number of nitrogens with one attached hydrogen (secondary N) is 3. The number of sulfonamides is 1. The van der Waals surface area contributed by atoms with E-state index in [1.165, 1.54) is 17.0 Å². The largest absolute Gasteiger partial charge is 0.342 e. The molecule has 3 N–H and O–H groups in total. The number of amides is 3. The van der Waals surface area contributed by atoms with Gasteiger partial charge in [-0.25, -0.2) is 13.1 Å². The molecule has 0 aliphatic carbocycles. The summed E-state index contributed by atoms with van der Waals surface area (Å²) in [5.74, 6) is -2.44. The molecule has 254 valence electrons. The van der Waals surface area contributed by atoms with Crippen molar-refractivity contribution in [1.82, 2.24) is 20.3 Å². The molecule has 0 radical (unpaired) electrons. The van der Waals surface area contributed by atoms with Crippen molar-refractivity contribution in [3.63, 3.8) is 0 Å². The number of nitrogens with zero attached hydrogens (tertiary/aromatic N) is 1. The molecule has 0 saturated heterocycles. The van der Waals surface area contributed by atoms with E-state index in [1.54, 1.807) is 39.2 Å². The van der Waals surface area contributed by atoms with Gasteiger partial charge in [-0.15, -0.1) is 0 Å². The summed E-state index contributed by atoms with van der Waals surface area (Å²) in [5, 5.41) is 6.21. The van der Waals surface area contributed by atoms with Crippen molar-refractivity contribution in [3.05, 3.63) is 76.5 Å². The standard InChI is InChI=1S/C36H54N4O5S/c1-22(2)29(21-26(6)32(41)39-46(44,45)28-16-14-23(3)15-17-28)40(13)34(43)31(35(7,8)9)38-33(42)30(37-12)36(10,11)27-19-24(4)18-25(5)20-27/h14-22,26,30-31,37H,1-13H3,(H,38,42)(H,39,41)/b29-21+. The highest BCUT2D eigenvalue weighted by Crippen LogP contribution is 2.31. The van der Waals surface area contributed by atoms with Gasteiger partial charge in [-0.1, -0.05) is 102 Å². The quantitative estimate of drug-likeness (QED) is 0.291. The Labute approximate surface area is 276 Å². The van der Waals surface area contributed by atoms with Gasteiger partial charge in [-0.3, -0.25) is 14.4 Å². The first kappa shape index (κ1) is 38.7. The molecule has 2 aromatic rings. The lowest BCUT2D eigenvalue weighted by atomic mass is 9.76. The summed E-state index contributed by atoms with van der Waals surface area (Å²) in [7, 11) is -0.722. The van der Waals surface area contributed by atoms with E-state index in [-0.39, 0.29) is 22.6 Å². The van der Waals surface area contributed by atoms with Crippen LogP contribution in [0.3, 0.4) is 0 Å². The fourth-order valence-corrected chi connectivity index (χ4v) is 6.62. The molecule has 0 heterocycles. The van der Waals surface area contributed by atoms with Crippen LogP contribution in [-0.4, -0.2) is 57.2 Å². The van der Waals surface area contributed by atoms with Crippen molar-refractivity contribution in [3.8, 4) is 0 Å². The highest BCUT2D eigenvalue weighted by Gasteiger charge is 2.41. The molecule has 0 spiro atoms. The van der Waals surface area contributed by atoms with Gasteiger partial charge in [0.05, 0.1) is 16.9 Å². The minimum Gasteiger partial charge on any atom is -0.342 e. The molecule has 3 amide bonds. The molecule has 3 atom stereocenters. The monoisotopic (exact) mass is 654 g/mol. The zero-order valence-corrected chi connectivity index (χ0v) is 30.6. The number of likely N-dealkylation sites (N-methyl/N-ethyl adjacent to an activating group) is 2. The van der Waals surface area contributed by atoms with Gasteiger partial charge in [0.1, 0.15) is 6.04 Å². The zero-order valence-electron chi connectivity index (χ0n) is 29.8. The lowest BCUT2D eigenvalue weighted by Crippen LogP contribution is -2.60. The molecule has 2 rings (SSSR count). The van der Waals surface area contributed by atoms with E-state index in [2.05, 4.69) is 33.6 Å². The molecule has 9 nitrogen and oxygen atoms in total. The van der Waals surface area contributed by atoms with Crippen LogP contribution in [0.2, 0.25) is 0 Å². The smallest absolute Gasteiger partial charge is 0.264 e. The summed E-state index contributed by atoms with van der Waals surface area (Å²) in [6, 6.07) is 10.9. The van der Waals surface area contributed by atoms with Crippen molar-refractivity contribution < 1.29 is 22.8 Å². The molecular weight excluding hydrogens is 600 g/mol. The molecule has 2 aromatic carbocycles. The molecular formula is C36H54N4O5S. The maximum absolute atomic E-state index is 14.1. The van der Waals surface area contributed by atoms with Gasteiger partial charge in [-0.05, 0) is 63.8 Å². The zero-order chi connectivity index (χ0) is 35.4. The molecule has 0 fully saturated rings. The van der Waals surface area contributed by atoms with Gasteiger partial charge in [-0.2, -0.15) is 0 Å². The second kappa shape index (κ2) is 14.9. The maximum atomic E-state index is 14.1. The van der Waals surface area contributed by atoms with Crippen LogP contribution in [0, 0.1) is 38.0 Å². The number of rotatable bonds is 12. The number of hydrogen-bond donors (Lipinski definition) is 3. The van der Waals surface area contributed by atoms with Gasteiger partial charge in [0.15, 0.2) is 0 Å². The summed E-state index contributed by atoms with van der Waals surface area (Å²) >= 11 is 0. The van der Waals surface area contributed by atoms with E-state index >= 15 is 0 Å². The minimum atomic E-state index is -4.07. The Morgan fingerprint density at radius 3 is 1.78 bits per heavy atom. The number of hydrogen-bond acceptors (Lipinski definition) is 6. The van der Waals surface area contributed by atoms with E-state index < -0.39 is 44.8 Å². The first-order valence-corrected chi connectivity index (χ1v) is 17.2. The highest BCUT2D eigenvalue weighted by molar-refractivity contribution is 7.90. The Bertz CT molecular complexity index is 1530. The number of allylic oxidation sites excluding steroid dienone is 1. The fraction of sp³-hybridized carbons (Fsp3) is 0.528. The SMILES string of the molecule is CNC(C(=O)NC(C(=O)N(C)/C(=C/C(C)C(=O)NS(=O)(=O)c1ccc(C)cc1)C(C)C)C(C)(C)C)C(C)(C)c1cc(C)cc(C)c1. The van der Waals surface area contributed by atoms with E-state index in [9.17, 15) is 22.8 Å². The number of carbonyl (C=O) groups is 3. The van der Waals surface area contributed by atoms with Crippen LogP contribution in [0.5, 0.6) is 0 Å². The average molecular weight is 655 g/mol. The predicted octanol–water partition coefficient (Wildman–Crippen LogP) is 5.15. The third-order valence-corrected chi connectivity index (χ3v) is 9.71. The Morgan fingerprint density at radius 1 is 0.804 bits per heavy atom. The normalized spacial score (nSPS) is 14.8. The van der Waals surface area contributed by atoms with Gasteiger partial charge in [0, 0.05) is 18.2 Å². The van der Waals surface area contributed by atoms with Crippen LogP contribution in [0.4, 0.5) is 0 Å². The summed E-state index contributed by atoms with van der Waals surface area (Å²) in [4.78, 5) is 42.6. The van der Waals surface area contributed by atoms with Gasteiger partial charge in [0.2, 0.25) is 17.7 Å². The average Bonchev–Trinajstić information content (AvgIpc) is 2.92. The summed E-state index contributed by atoms with van der Waals surface area (Å²) < 4.78 is 27.8. The molecule has 0 aliphatic rings. The van der Waals surface area contributed by atoms with Crippen molar-refractivity contribution >= 4 is 27.7 Å². The van der Waals surface area contributed by atoms with Crippen LogP contribution >= 0.6 is 0 Å². The van der Waals surface area contributed by atoms with Gasteiger partial charge in [0.25, 0.3) is 10.0 Å².